The number of carbonyl (C=O) groups is 1. The van der Waals surface area contributed by atoms with Crippen molar-refractivity contribution in [1.82, 2.24) is 19.7 Å². The molecule has 0 atom stereocenters. The van der Waals surface area contributed by atoms with Gasteiger partial charge in [-0.05, 0) is 25.0 Å². The molecule has 0 unspecified atom stereocenters. The smallest absolute Gasteiger partial charge is 0.277 e. The number of nitrogens with one attached hydrogen (secondary N) is 1. The third-order valence-electron chi connectivity index (χ3n) is 4.93. The molecule has 164 valence electrons. The average molecular weight is 451 g/mol. The first-order valence-corrected chi connectivity index (χ1v) is 10.4. The molecule has 3 aromatic heterocycles. The summed E-state index contributed by atoms with van der Waals surface area (Å²) in [6, 6.07) is 2.68. The van der Waals surface area contributed by atoms with Gasteiger partial charge in [0.15, 0.2) is 17.3 Å². The van der Waals surface area contributed by atoms with E-state index in [0.717, 1.165) is 11.3 Å². The van der Waals surface area contributed by atoms with E-state index in [0.29, 0.717) is 25.2 Å². The lowest BCUT2D eigenvalue weighted by Crippen LogP contribution is -2.36. The molecule has 4 rings (SSSR count). The number of amides is 1. The summed E-state index contributed by atoms with van der Waals surface area (Å²) in [6.45, 7) is -0.0444. The zero-order chi connectivity index (χ0) is 22.2. The number of rotatable bonds is 4. The maximum absolute atomic E-state index is 14.1. The zero-order valence-corrected chi connectivity index (χ0v) is 17.4. The molecule has 1 fully saturated rings. The molecule has 1 aliphatic rings. The summed E-state index contributed by atoms with van der Waals surface area (Å²) in [5.74, 6) is -3.69. The van der Waals surface area contributed by atoms with Gasteiger partial charge in [0.2, 0.25) is 0 Å². The fraction of sp³-hybridized carbons (Fsp3) is 0.368. The highest BCUT2D eigenvalue weighted by molar-refractivity contribution is 7.19. The molecule has 4 heterocycles. The van der Waals surface area contributed by atoms with Crippen LogP contribution in [0.25, 0.3) is 10.7 Å². The molecule has 0 radical (unpaired) electrons. The predicted octanol–water partition coefficient (Wildman–Crippen LogP) is 3.54. The van der Waals surface area contributed by atoms with Crippen LogP contribution in [0.5, 0.6) is 0 Å². The van der Waals surface area contributed by atoms with Crippen molar-refractivity contribution in [2.24, 2.45) is 7.05 Å². The van der Waals surface area contributed by atoms with Crippen LogP contribution in [0, 0.1) is 5.82 Å². The molecule has 1 aliphatic heterocycles. The molecule has 3 aromatic rings. The van der Waals surface area contributed by atoms with Crippen molar-refractivity contribution in [2.45, 2.75) is 25.2 Å². The molecule has 0 spiro atoms. The minimum atomic E-state index is -2.83. The van der Waals surface area contributed by atoms with Crippen LogP contribution in [0.3, 0.4) is 0 Å². The molecule has 0 aromatic carbocycles. The molecule has 31 heavy (non-hydrogen) atoms. The number of nitrogens with two attached hydrogens (primary N) is 1. The number of hydrogen-bond acceptors (Lipinski definition) is 7. The first-order chi connectivity index (χ1) is 14.7. The highest BCUT2D eigenvalue weighted by atomic mass is 32.1. The number of pyridine rings is 1. The van der Waals surface area contributed by atoms with Crippen LogP contribution in [-0.4, -0.2) is 44.7 Å². The second kappa shape index (κ2) is 8.17. The summed E-state index contributed by atoms with van der Waals surface area (Å²) < 4.78 is 43.7. The van der Waals surface area contributed by atoms with E-state index in [2.05, 4.69) is 20.4 Å². The molecule has 0 bridgehead atoms. The van der Waals surface area contributed by atoms with Gasteiger partial charge in [-0.15, -0.1) is 0 Å². The first-order valence-electron chi connectivity index (χ1n) is 9.58. The lowest BCUT2D eigenvalue weighted by atomic mass is 10.2. The topological polar surface area (TPSA) is 102 Å². The molecule has 3 N–H and O–H groups in total. The van der Waals surface area contributed by atoms with E-state index in [4.69, 9.17) is 5.73 Å². The fourth-order valence-corrected chi connectivity index (χ4v) is 4.35. The quantitative estimate of drug-likeness (QED) is 0.629. The summed E-state index contributed by atoms with van der Waals surface area (Å²) >= 11 is 0.933. The fourth-order valence-electron chi connectivity index (χ4n) is 3.52. The summed E-state index contributed by atoms with van der Waals surface area (Å²) in [6.07, 6.45) is 3.65. The van der Waals surface area contributed by atoms with Gasteiger partial charge in [0, 0.05) is 26.2 Å². The van der Waals surface area contributed by atoms with Crippen LogP contribution in [-0.2, 0) is 7.05 Å². The SMILES string of the molecule is Cn1ncc(NC(=O)c2nc(-c3ncccc3F)sc2N)c1N1CCCCC(F)(F)C1. The molecule has 8 nitrogen and oxygen atoms in total. The van der Waals surface area contributed by atoms with Gasteiger partial charge in [-0.3, -0.25) is 14.5 Å². The molecule has 1 amide bonds. The molecule has 12 heteroatoms. The van der Waals surface area contributed by atoms with Crippen molar-refractivity contribution in [3.05, 3.63) is 36.0 Å². The van der Waals surface area contributed by atoms with Crippen molar-refractivity contribution in [1.29, 1.82) is 0 Å². The number of aromatic nitrogens is 4. The highest BCUT2D eigenvalue weighted by Crippen LogP contribution is 2.34. The van der Waals surface area contributed by atoms with E-state index in [1.54, 1.807) is 7.05 Å². The van der Waals surface area contributed by atoms with Crippen molar-refractivity contribution in [3.63, 3.8) is 0 Å². The van der Waals surface area contributed by atoms with Crippen LogP contribution in [0.4, 0.5) is 29.7 Å². The Kier molecular flexibility index (Phi) is 5.56. The normalized spacial score (nSPS) is 16.2. The monoisotopic (exact) mass is 451 g/mol. The van der Waals surface area contributed by atoms with Crippen molar-refractivity contribution < 1.29 is 18.0 Å². The van der Waals surface area contributed by atoms with Gasteiger partial charge in [0.05, 0.1) is 12.7 Å². The van der Waals surface area contributed by atoms with Gasteiger partial charge in [0.25, 0.3) is 11.8 Å². The largest absolute Gasteiger partial charge is 0.389 e. The Hall–Kier alpha value is -3.15. The third kappa shape index (κ3) is 4.33. The van der Waals surface area contributed by atoms with Crippen LogP contribution in [0.15, 0.2) is 24.5 Å². The minimum absolute atomic E-state index is 0.00730. The van der Waals surface area contributed by atoms with Crippen molar-refractivity contribution in [3.8, 4) is 10.7 Å². The number of aryl methyl sites for hydroxylation is 1. The Morgan fingerprint density at radius 3 is 2.94 bits per heavy atom. The van der Waals surface area contributed by atoms with Gasteiger partial charge in [-0.2, -0.15) is 5.10 Å². The first kappa shape index (κ1) is 21.1. The Bertz CT molecular complexity index is 1110. The number of alkyl halides is 2. The number of carbonyl (C=O) groups excluding carboxylic acids is 1. The maximum Gasteiger partial charge on any atom is 0.277 e. The van der Waals surface area contributed by atoms with E-state index in [1.165, 1.54) is 34.1 Å². The zero-order valence-electron chi connectivity index (χ0n) is 16.6. The summed E-state index contributed by atoms with van der Waals surface area (Å²) in [7, 11) is 1.62. The van der Waals surface area contributed by atoms with Crippen molar-refractivity contribution >= 4 is 33.8 Å². The lowest BCUT2D eigenvalue weighted by Gasteiger charge is -2.27. The average Bonchev–Trinajstić information content (AvgIpc) is 3.21. The minimum Gasteiger partial charge on any atom is -0.389 e. The van der Waals surface area contributed by atoms with Gasteiger partial charge in [0.1, 0.15) is 21.4 Å². The third-order valence-corrected chi connectivity index (χ3v) is 5.82. The Morgan fingerprint density at radius 2 is 2.16 bits per heavy atom. The van der Waals surface area contributed by atoms with Gasteiger partial charge in [-0.25, -0.2) is 18.2 Å². The van der Waals surface area contributed by atoms with Crippen LogP contribution in [0.2, 0.25) is 0 Å². The molecular formula is C19H20F3N7OS. The summed E-state index contributed by atoms with van der Waals surface area (Å²) in [4.78, 5) is 22.4. The Labute approximate surface area is 179 Å². The lowest BCUT2D eigenvalue weighted by molar-refractivity contribution is 0.00330. The van der Waals surface area contributed by atoms with E-state index >= 15 is 0 Å². The molecule has 0 aliphatic carbocycles. The number of thiazole rings is 1. The number of hydrogen-bond donors (Lipinski definition) is 2. The maximum atomic E-state index is 14.1. The van der Waals surface area contributed by atoms with E-state index in [9.17, 15) is 18.0 Å². The number of anilines is 3. The number of nitrogens with zero attached hydrogens (tertiary/aromatic N) is 5. The molecular weight excluding hydrogens is 431 g/mol. The van der Waals surface area contributed by atoms with Crippen LogP contribution in [0.1, 0.15) is 29.8 Å². The predicted molar refractivity (Wildman–Crippen MR) is 112 cm³/mol. The molecule has 0 saturated carbocycles. The van der Waals surface area contributed by atoms with Crippen LogP contribution >= 0.6 is 11.3 Å². The second-order valence-electron chi connectivity index (χ2n) is 7.26. The van der Waals surface area contributed by atoms with Gasteiger partial charge >= 0.3 is 0 Å². The van der Waals surface area contributed by atoms with Crippen LogP contribution < -0.4 is 16.0 Å². The second-order valence-corrected chi connectivity index (χ2v) is 8.29. The van der Waals surface area contributed by atoms with E-state index in [1.807, 2.05) is 0 Å². The standard InChI is InChI=1S/C19H20F3N7OS/c1-28-18(29-8-3-2-6-19(21,22)10-29)12(9-25-28)26-16(30)14-15(23)31-17(27-14)13-11(20)5-4-7-24-13/h4-5,7,9H,2-3,6,8,10,23H2,1H3,(H,26,30). The molecule has 1 saturated heterocycles. The summed E-state index contributed by atoms with van der Waals surface area (Å²) in [5, 5.41) is 7.02. The highest BCUT2D eigenvalue weighted by Gasteiger charge is 2.35. The summed E-state index contributed by atoms with van der Waals surface area (Å²) in [5.41, 5.74) is 6.10. The van der Waals surface area contributed by atoms with Gasteiger partial charge in [-0.1, -0.05) is 11.3 Å². The Balaban J connectivity index is 1.60. The number of halogens is 3. The van der Waals surface area contributed by atoms with Gasteiger partial charge < -0.3 is 16.0 Å². The van der Waals surface area contributed by atoms with Crippen molar-refractivity contribution in [2.75, 3.05) is 29.0 Å². The van der Waals surface area contributed by atoms with E-state index in [-0.39, 0.29) is 33.5 Å². The number of nitrogen functional groups attached to an aromatic ring is 1. The Morgan fingerprint density at radius 1 is 1.35 bits per heavy atom. The van der Waals surface area contributed by atoms with E-state index < -0.39 is 24.2 Å².